The van der Waals surface area contributed by atoms with Crippen LogP contribution >= 0.6 is 15.9 Å². The van der Waals surface area contributed by atoms with Gasteiger partial charge in [0.2, 0.25) is 0 Å². The number of fused-ring (bicyclic) bond motifs is 1. The van der Waals surface area contributed by atoms with Crippen molar-refractivity contribution in [1.29, 1.82) is 0 Å². The van der Waals surface area contributed by atoms with Gasteiger partial charge in [0.25, 0.3) is 0 Å². The highest BCUT2D eigenvalue weighted by atomic mass is 79.9. The number of para-hydroxylation sites is 1. The van der Waals surface area contributed by atoms with Crippen molar-refractivity contribution in [2.24, 2.45) is 0 Å². The summed E-state index contributed by atoms with van der Waals surface area (Å²) in [5, 5.41) is 0.227. The molecule has 0 radical (unpaired) electrons. The summed E-state index contributed by atoms with van der Waals surface area (Å²) in [6.45, 7) is 5.44. The molecule has 1 aliphatic rings. The average molecular weight is 340 g/mol. The van der Waals surface area contributed by atoms with Crippen molar-refractivity contribution in [3.05, 3.63) is 29.8 Å². The Morgan fingerprint density at radius 1 is 1.35 bits per heavy atom. The summed E-state index contributed by atoms with van der Waals surface area (Å²) < 4.78 is 5.42. The van der Waals surface area contributed by atoms with Crippen molar-refractivity contribution < 1.29 is 14.3 Å². The van der Waals surface area contributed by atoms with Crippen molar-refractivity contribution >= 4 is 33.5 Å². The van der Waals surface area contributed by atoms with E-state index in [4.69, 9.17) is 4.74 Å². The molecule has 20 heavy (non-hydrogen) atoms. The van der Waals surface area contributed by atoms with E-state index in [-0.39, 0.29) is 11.1 Å². The number of nitrogens with zero attached hydrogens (tertiary/aromatic N) is 1. The number of Topliss-reactive ketones (excluding diaryl/α,β-unsaturated/α-hetero) is 1. The lowest BCUT2D eigenvalue weighted by Gasteiger charge is -2.28. The molecule has 0 aliphatic carbocycles. The molecule has 0 bridgehead atoms. The Labute approximate surface area is 127 Å². The van der Waals surface area contributed by atoms with E-state index in [9.17, 15) is 9.59 Å². The number of hydrogen-bond donors (Lipinski definition) is 0. The fourth-order valence-electron chi connectivity index (χ4n) is 2.27. The summed E-state index contributed by atoms with van der Waals surface area (Å²) in [7, 11) is 0. The van der Waals surface area contributed by atoms with Gasteiger partial charge in [-0.25, -0.2) is 4.79 Å². The van der Waals surface area contributed by atoms with Gasteiger partial charge in [0, 0.05) is 6.42 Å². The second-order valence-corrected chi connectivity index (χ2v) is 6.36. The third kappa shape index (κ3) is 3.03. The molecule has 1 heterocycles. The fraction of sp³-hybridized carbons (Fsp3) is 0.467. The zero-order chi connectivity index (χ0) is 14.9. The van der Waals surface area contributed by atoms with E-state index in [0.717, 1.165) is 11.3 Å². The number of ether oxygens (including phenoxy) is 1. The molecule has 4 nitrogen and oxygen atoms in total. The highest BCUT2D eigenvalue weighted by molar-refractivity contribution is 9.09. The maximum Gasteiger partial charge on any atom is 0.415 e. The first-order valence-electron chi connectivity index (χ1n) is 6.52. The first kappa shape index (κ1) is 15.0. The molecule has 5 heteroatoms. The number of hydrogen-bond acceptors (Lipinski definition) is 3. The molecule has 0 spiro atoms. The van der Waals surface area contributed by atoms with E-state index in [1.807, 2.05) is 45.0 Å². The first-order chi connectivity index (χ1) is 9.33. The Bertz CT molecular complexity index is 536. The minimum atomic E-state index is -0.587. The van der Waals surface area contributed by atoms with E-state index in [2.05, 4.69) is 15.9 Å². The van der Waals surface area contributed by atoms with Crippen molar-refractivity contribution in [3.8, 4) is 0 Å². The molecule has 0 N–H and O–H groups in total. The number of halogens is 1. The molecule has 0 aromatic heterocycles. The smallest absolute Gasteiger partial charge is 0.415 e. The topological polar surface area (TPSA) is 46.6 Å². The van der Waals surface area contributed by atoms with Crippen LogP contribution in [0.15, 0.2) is 24.3 Å². The molecule has 1 unspecified atom stereocenters. The van der Waals surface area contributed by atoms with Gasteiger partial charge in [-0.15, -0.1) is 0 Å². The SMILES string of the molecule is CC(C)(C)OC(=O)N1c2ccccc2CC1C(=O)CBr. The molecule has 1 aromatic carbocycles. The van der Waals surface area contributed by atoms with Gasteiger partial charge < -0.3 is 4.74 Å². The molecule has 1 atom stereocenters. The van der Waals surface area contributed by atoms with Gasteiger partial charge in [-0.1, -0.05) is 34.1 Å². The molecular formula is C15H18BrNO3. The molecule has 2 rings (SSSR count). The summed E-state index contributed by atoms with van der Waals surface area (Å²) in [6.07, 6.45) is 0.0709. The van der Waals surface area contributed by atoms with Crippen LogP contribution in [0, 0.1) is 0 Å². The quantitative estimate of drug-likeness (QED) is 0.776. The summed E-state index contributed by atoms with van der Waals surface area (Å²) >= 11 is 3.18. The standard InChI is InChI=1S/C15H18BrNO3/c1-15(2,3)20-14(19)17-11-7-5-4-6-10(11)8-12(17)13(18)9-16/h4-7,12H,8-9H2,1-3H3. The maximum absolute atomic E-state index is 12.4. The Morgan fingerprint density at radius 3 is 2.60 bits per heavy atom. The minimum Gasteiger partial charge on any atom is -0.443 e. The maximum atomic E-state index is 12.4. The number of anilines is 1. The lowest BCUT2D eigenvalue weighted by atomic mass is 10.1. The number of rotatable bonds is 2. The van der Waals surface area contributed by atoms with Crippen LogP contribution < -0.4 is 4.90 Å². The number of alkyl halides is 1. The Morgan fingerprint density at radius 2 is 2.00 bits per heavy atom. The highest BCUT2D eigenvalue weighted by Gasteiger charge is 2.39. The predicted molar refractivity (Wildman–Crippen MR) is 81.4 cm³/mol. The van der Waals surface area contributed by atoms with Crippen LogP contribution in [0.1, 0.15) is 26.3 Å². The van der Waals surface area contributed by atoms with Crippen molar-refractivity contribution in [3.63, 3.8) is 0 Å². The van der Waals surface area contributed by atoms with Gasteiger partial charge >= 0.3 is 6.09 Å². The number of carbonyl (C=O) groups is 2. The molecular weight excluding hydrogens is 322 g/mol. The summed E-state index contributed by atoms with van der Waals surface area (Å²) in [4.78, 5) is 25.9. The summed E-state index contributed by atoms with van der Waals surface area (Å²) in [5.74, 6) is -0.0212. The van der Waals surface area contributed by atoms with Crippen LogP contribution in [0.3, 0.4) is 0 Å². The molecule has 0 saturated heterocycles. The Hall–Kier alpha value is -1.36. The monoisotopic (exact) mass is 339 g/mol. The predicted octanol–water partition coefficient (Wildman–Crippen LogP) is 3.32. The van der Waals surface area contributed by atoms with E-state index >= 15 is 0 Å². The highest BCUT2D eigenvalue weighted by Crippen LogP contribution is 2.33. The van der Waals surface area contributed by atoms with Gasteiger partial charge in [0.1, 0.15) is 11.6 Å². The average Bonchev–Trinajstić information content (AvgIpc) is 2.75. The number of ketones is 1. The summed E-state index contributed by atoms with van der Waals surface area (Å²) in [5.41, 5.74) is 1.18. The molecule has 0 fully saturated rings. The number of amides is 1. The van der Waals surface area contributed by atoms with Crippen molar-refractivity contribution in [2.45, 2.75) is 38.8 Å². The number of benzene rings is 1. The van der Waals surface area contributed by atoms with Crippen molar-refractivity contribution in [1.82, 2.24) is 0 Å². The Balaban J connectivity index is 2.34. The molecule has 1 aromatic rings. The molecule has 1 amide bonds. The van der Waals surface area contributed by atoms with Crippen LogP contribution in [0.25, 0.3) is 0 Å². The lowest BCUT2D eigenvalue weighted by molar-refractivity contribution is -0.117. The second-order valence-electron chi connectivity index (χ2n) is 5.80. The largest absolute Gasteiger partial charge is 0.443 e. The van der Waals surface area contributed by atoms with Crippen molar-refractivity contribution in [2.75, 3.05) is 10.2 Å². The lowest BCUT2D eigenvalue weighted by Crippen LogP contribution is -2.45. The van der Waals surface area contributed by atoms with Gasteiger partial charge in [-0.05, 0) is 32.4 Å². The third-order valence-corrected chi connectivity index (χ3v) is 3.62. The van der Waals surface area contributed by atoms with Gasteiger partial charge in [-0.2, -0.15) is 0 Å². The van der Waals surface area contributed by atoms with Crippen LogP contribution in [0.5, 0.6) is 0 Å². The molecule has 1 aliphatic heterocycles. The van der Waals surface area contributed by atoms with Crippen LogP contribution in [-0.2, 0) is 16.0 Å². The first-order valence-corrected chi connectivity index (χ1v) is 7.64. The number of carbonyl (C=O) groups excluding carboxylic acids is 2. The Kier molecular flexibility index (Phi) is 4.18. The zero-order valence-corrected chi connectivity index (χ0v) is 13.4. The van der Waals surface area contributed by atoms with E-state index < -0.39 is 17.7 Å². The minimum absolute atomic E-state index is 0.0212. The normalized spacial score (nSPS) is 17.8. The van der Waals surface area contributed by atoms with E-state index in [0.29, 0.717) is 6.42 Å². The van der Waals surface area contributed by atoms with Gasteiger partial charge in [0.15, 0.2) is 5.78 Å². The molecule has 108 valence electrons. The summed E-state index contributed by atoms with van der Waals surface area (Å²) in [6, 6.07) is 7.07. The van der Waals surface area contributed by atoms with Gasteiger partial charge in [-0.3, -0.25) is 9.69 Å². The second kappa shape index (κ2) is 5.56. The van der Waals surface area contributed by atoms with Gasteiger partial charge in [0.05, 0.1) is 11.0 Å². The third-order valence-electron chi connectivity index (χ3n) is 3.07. The van der Waals surface area contributed by atoms with Crippen LogP contribution in [0.2, 0.25) is 0 Å². The molecule has 0 saturated carbocycles. The van der Waals surface area contributed by atoms with E-state index in [1.54, 1.807) is 0 Å². The van der Waals surface area contributed by atoms with E-state index in [1.165, 1.54) is 4.90 Å². The zero-order valence-electron chi connectivity index (χ0n) is 11.9. The fourth-order valence-corrected chi connectivity index (χ4v) is 2.64. The van der Waals surface area contributed by atoms with Crippen LogP contribution in [-0.4, -0.2) is 28.8 Å². The van der Waals surface area contributed by atoms with Crippen LogP contribution in [0.4, 0.5) is 10.5 Å².